The third kappa shape index (κ3) is 3.95. The van der Waals surface area contributed by atoms with Crippen LogP contribution in [0.15, 0.2) is 34.7 Å². The number of nitrogens with one attached hydrogen (secondary N) is 1. The number of sulfonamides is 1. The van der Waals surface area contributed by atoms with Crippen LogP contribution in [0.2, 0.25) is 0 Å². The molecule has 0 amide bonds. The van der Waals surface area contributed by atoms with Gasteiger partial charge in [0.2, 0.25) is 10.0 Å². The fourth-order valence-electron chi connectivity index (χ4n) is 1.28. The van der Waals surface area contributed by atoms with E-state index in [1.165, 1.54) is 19.2 Å². The van der Waals surface area contributed by atoms with E-state index in [0.29, 0.717) is 0 Å². The Bertz CT molecular complexity index is 612. The molecule has 19 heavy (non-hydrogen) atoms. The van der Waals surface area contributed by atoms with E-state index in [1.807, 2.05) is 0 Å². The number of carboxylic acid groups (broad SMARTS) is 1. The highest BCUT2D eigenvalue weighted by atomic mass is 35.5. The first-order valence-corrected chi connectivity index (χ1v) is 6.88. The first-order chi connectivity index (χ1) is 8.77. The highest BCUT2D eigenvalue weighted by Crippen LogP contribution is 2.22. The monoisotopic (exact) mass is 305 g/mol. The largest absolute Gasteiger partial charge is 0.496 e. The molecule has 1 aromatic carbocycles. The van der Waals surface area contributed by atoms with Crippen molar-refractivity contribution in [2.45, 2.75) is 4.90 Å². The lowest BCUT2D eigenvalue weighted by Crippen LogP contribution is -2.25. The molecule has 0 bridgehead atoms. The molecule has 0 saturated heterocycles. The number of methoxy groups -OCH3 is 1. The predicted octanol–water partition coefficient (Wildman–Crippen LogP) is 1.42. The molecule has 0 aromatic heterocycles. The summed E-state index contributed by atoms with van der Waals surface area (Å²) in [5, 5.41) is 9.10. The lowest BCUT2D eigenvalue weighted by molar-refractivity contribution is 0.0693. The first-order valence-electron chi connectivity index (χ1n) is 5.02. The number of hydrogen-bond donors (Lipinski definition) is 2. The lowest BCUT2D eigenvalue weighted by Gasteiger charge is -2.09. The van der Waals surface area contributed by atoms with Crippen molar-refractivity contribution in [3.63, 3.8) is 0 Å². The van der Waals surface area contributed by atoms with Crippen LogP contribution < -0.4 is 9.46 Å². The predicted molar refractivity (Wildman–Crippen MR) is 70.1 cm³/mol. The van der Waals surface area contributed by atoms with Crippen LogP contribution >= 0.6 is 11.6 Å². The van der Waals surface area contributed by atoms with E-state index in [0.717, 1.165) is 6.07 Å². The van der Waals surface area contributed by atoms with Crippen molar-refractivity contribution >= 4 is 27.6 Å². The Morgan fingerprint density at radius 3 is 2.63 bits per heavy atom. The van der Waals surface area contributed by atoms with Gasteiger partial charge in [-0.1, -0.05) is 18.2 Å². The second kappa shape index (κ2) is 6.05. The number of aromatic carboxylic acids is 1. The van der Waals surface area contributed by atoms with E-state index in [1.54, 1.807) is 0 Å². The molecule has 0 unspecified atom stereocenters. The van der Waals surface area contributed by atoms with Gasteiger partial charge in [-0.2, -0.15) is 0 Å². The van der Waals surface area contributed by atoms with Crippen LogP contribution in [-0.4, -0.2) is 33.1 Å². The van der Waals surface area contributed by atoms with Crippen LogP contribution in [0.1, 0.15) is 10.4 Å². The van der Waals surface area contributed by atoms with Gasteiger partial charge in [0.25, 0.3) is 0 Å². The summed E-state index contributed by atoms with van der Waals surface area (Å²) in [6.07, 6.45) is 0. The van der Waals surface area contributed by atoms with Gasteiger partial charge in [-0.25, -0.2) is 17.9 Å². The second-order valence-corrected chi connectivity index (χ2v) is 5.81. The Hall–Kier alpha value is -1.57. The van der Waals surface area contributed by atoms with E-state index in [2.05, 4.69) is 11.3 Å². The van der Waals surface area contributed by atoms with E-state index in [9.17, 15) is 13.2 Å². The zero-order valence-corrected chi connectivity index (χ0v) is 11.6. The van der Waals surface area contributed by atoms with Crippen molar-refractivity contribution in [1.29, 1.82) is 0 Å². The number of carbonyl (C=O) groups is 1. The molecule has 0 saturated carbocycles. The van der Waals surface area contributed by atoms with Crippen molar-refractivity contribution in [3.05, 3.63) is 35.4 Å². The van der Waals surface area contributed by atoms with Crippen LogP contribution in [0.5, 0.6) is 5.75 Å². The van der Waals surface area contributed by atoms with E-state index >= 15 is 0 Å². The molecule has 0 atom stereocenters. The molecule has 0 aliphatic carbocycles. The minimum Gasteiger partial charge on any atom is -0.496 e. The van der Waals surface area contributed by atoms with Gasteiger partial charge in [-0.05, 0) is 18.2 Å². The Labute approximate surface area is 115 Å². The first kappa shape index (κ1) is 15.5. The van der Waals surface area contributed by atoms with E-state index in [-0.39, 0.29) is 27.8 Å². The second-order valence-electron chi connectivity index (χ2n) is 3.51. The summed E-state index contributed by atoms with van der Waals surface area (Å²) >= 11 is 5.47. The van der Waals surface area contributed by atoms with Crippen molar-refractivity contribution in [3.8, 4) is 5.75 Å². The van der Waals surface area contributed by atoms with Gasteiger partial charge in [-0.3, -0.25) is 0 Å². The fourth-order valence-corrected chi connectivity index (χ4v) is 2.48. The van der Waals surface area contributed by atoms with Gasteiger partial charge >= 0.3 is 5.97 Å². The van der Waals surface area contributed by atoms with Gasteiger partial charge in [-0.15, -0.1) is 0 Å². The average molecular weight is 306 g/mol. The maximum absolute atomic E-state index is 11.9. The molecule has 8 heteroatoms. The molecule has 0 aliphatic rings. The number of hydrogen-bond acceptors (Lipinski definition) is 4. The molecule has 6 nitrogen and oxygen atoms in total. The summed E-state index contributed by atoms with van der Waals surface area (Å²) in [6.45, 7) is 3.21. The molecule has 2 N–H and O–H groups in total. The SMILES string of the molecule is C=C(Cl)CNS(=O)(=O)c1ccc(OC)c(C(=O)O)c1. The standard InChI is InChI=1S/C11H12ClNO5S/c1-7(12)6-13-19(16,17)8-3-4-10(18-2)9(5-8)11(14)15/h3-5,13H,1,6H2,2H3,(H,14,15). The van der Waals surface area contributed by atoms with Crippen LogP contribution in [0.3, 0.4) is 0 Å². The van der Waals surface area contributed by atoms with Gasteiger partial charge in [0.15, 0.2) is 0 Å². The maximum Gasteiger partial charge on any atom is 0.339 e. The molecular weight excluding hydrogens is 294 g/mol. The van der Waals surface area contributed by atoms with Crippen LogP contribution in [-0.2, 0) is 10.0 Å². The van der Waals surface area contributed by atoms with E-state index < -0.39 is 16.0 Å². The zero-order chi connectivity index (χ0) is 14.6. The molecule has 104 valence electrons. The Kier molecular flexibility index (Phi) is 4.93. The molecule has 0 radical (unpaired) electrons. The highest BCUT2D eigenvalue weighted by Gasteiger charge is 2.19. The molecule has 0 fully saturated rings. The topological polar surface area (TPSA) is 92.7 Å². The number of carboxylic acids is 1. The Morgan fingerprint density at radius 2 is 2.16 bits per heavy atom. The highest BCUT2D eigenvalue weighted by molar-refractivity contribution is 7.89. The van der Waals surface area contributed by atoms with Crippen molar-refractivity contribution in [2.75, 3.05) is 13.7 Å². The fraction of sp³-hybridized carbons (Fsp3) is 0.182. The van der Waals surface area contributed by atoms with Gasteiger partial charge in [0, 0.05) is 11.6 Å². The number of ether oxygens (including phenoxy) is 1. The number of benzene rings is 1. The third-order valence-corrected chi connectivity index (χ3v) is 3.70. The van der Waals surface area contributed by atoms with Gasteiger partial charge < -0.3 is 9.84 Å². The lowest BCUT2D eigenvalue weighted by atomic mass is 10.2. The molecule has 0 aliphatic heterocycles. The van der Waals surface area contributed by atoms with Crippen LogP contribution in [0, 0.1) is 0 Å². The van der Waals surface area contributed by atoms with Gasteiger partial charge in [0.05, 0.1) is 12.0 Å². The maximum atomic E-state index is 11.9. The zero-order valence-electron chi connectivity index (χ0n) is 10.0. The molecule has 0 heterocycles. The third-order valence-electron chi connectivity index (χ3n) is 2.17. The summed E-state index contributed by atoms with van der Waals surface area (Å²) in [5.41, 5.74) is -0.241. The van der Waals surface area contributed by atoms with Crippen molar-refractivity contribution in [2.24, 2.45) is 0 Å². The van der Waals surface area contributed by atoms with Crippen LogP contribution in [0.4, 0.5) is 0 Å². The summed E-state index contributed by atoms with van der Waals surface area (Å²) < 4.78 is 30.8. The number of rotatable bonds is 6. The van der Waals surface area contributed by atoms with Crippen LogP contribution in [0.25, 0.3) is 0 Å². The van der Waals surface area contributed by atoms with E-state index in [4.69, 9.17) is 21.4 Å². The summed E-state index contributed by atoms with van der Waals surface area (Å²) in [7, 11) is -2.55. The summed E-state index contributed by atoms with van der Waals surface area (Å²) in [5.74, 6) is -1.20. The quantitative estimate of drug-likeness (QED) is 0.829. The normalized spacial score (nSPS) is 11.1. The molecule has 1 rings (SSSR count). The smallest absolute Gasteiger partial charge is 0.339 e. The molecule has 1 aromatic rings. The minimum absolute atomic E-state index is 0.0770. The molecular formula is C11H12ClNO5S. The molecule has 0 spiro atoms. The Balaban J connectivity index is 3.18. The van der Waals surface area contributed by atoms with Gasteiger partial charge in [0.1, 0.15) is 11.3 Å². The summed E-state index contributed by atoms with van der Waals surface area (Å²) in [4.78, 5) is 10.8. The average Bonchev–Trinajstić information content (AvgIpc) is 2.35. The van der Waals surface area contributed by atoms with Crippen molar-refractivity contribution < 1.29 is 23.1 Å². The summed E-state index contributed by atoms with van der Waals surface area (Å²) in [6, 6.07) is 3.53. The van der Waals surface area contributed by atoms with Crippen molar-refractivity contribution in [1.82, 2.24) is 4.72 Å². The minimum atomic E-state index is -3.85. The Morgan fingerprint density at radius 1 is 1.53 bits per heavy atom. The number of halogens is 1.